The molecule has 0 aliphatic carbocycles. The topological polar surface area (TPSA) is 89.3 Å². The predicted octanol–water partition coefficient (Wildman–Crippen LogP) is 1.84. The van der Waals surface area contributed by atoms with Crippen LogP contribution in [0.2, 0.25) is 5.02 Å². The monoisotopic (exact) mass is 421 g/mol. The van der Waals surface area contributed by atoms with E-state index in [-0.39, 0.29) is 41.0 Å². The number of sulfonamides is 1. The number of hydrogen-bond donors (Lipinski definition) is 0. The van der Waals surface area contributed by atoms with E-state index in [0.29, 0.717) is 0 Å². The van der Waals surface area contributed by atoms with Crippen molar-refractivity contribution in [2.24, 2.45) is 7.05 Å². The molecule has 1 aromatic heterocycles. The molecular weight excluding hydrogens is 405 g/mol. The summed E-state index contributed by atoms with van der Waals surface area (Å²) < 4.78 is 66.6. The average molecular weight is 422 g/mol. The van der Waals surface area contributed by atoms with Crippen LogP contribution in [-0.4, -0.2) is 49.0 Å². The molecule has 2 aromatic rings. The highest BCUT2D eigenvalue weighted by Gasteiger charge is 2.37. The van der Waals surface area contributed by atoms with Crippen LogP contribution in [-0.2, 0) is 26.9 Å². The Labute approximate surface area is 156 Å². The molecule has 1 aliphatic heterocycles. The van der Waals surface area contributed by atoms with Crippen LogP contribution in [0.4, 0.5) is 4.39 Å². The second-order valence-electron chi connectivity index (χ2n) is 6.05. The van der Waals surface area contributed by atoms with Gasteiger partial charge in [-0.3, -0.25) is 0 Å². The van der Waals surface area contributed by atoms with E-state index in [0.717, 1.165) is 18.2 Å². The molecule has 26 heavy (non-hydrogen) atoms. The van der Waals surface area contributed by atoms with Crippen LogP contribution >= 0.6 is 11.6 Å². The quantitative estimate of drug-likeness (QED) is 0.751. The molecule has 1 aliphatic rings. The molecule has 11 heteroatoms. The van der Waals surface area contributed by atoms with E-state index in [1.807, 2.05) is 0 Å². The Balaban J connectivity index is 1.78. The molecule has 0 atom stereocenters. The van der Waals surface area contributed by atoms with Crippen LogP contribution in [0, 0.1) is 5.82 Å². The van der Waals surface area contributed by atoms with E-state index in [4.69, 9.17) is 11.6 Å². The Morgan fingerprint density at radius 3 is 2.38 bits per heavy atom. The molecule has 0 radical (unpaired) electrons. The molecule has 0 N–H and O–H groups in total. The van der Waals surface area contributed by atoms with Gasteiger partial charge in [-0.15, -0.1) is 0 Å². The third kappa shape index (κ3) is 3.38. The maximum atomic E-state index is 13.3. The van der Waals surface area contributed by atoms with Crippen molar-refractivity contribution >= 4 is 31.5 Å². The lowest BCUT2D eigenvalue weighted by Crippen LogP contribution is -2.42. The van der Waals surface area contributed by atoms with Crippen molar-refractivity contribution < 1.29 is 21.2 Å². The van der Waals surface area contributed by atoms with Crippen molar-refractivity contribution in [2.45, 2.75) is 28.1 Å². The summed E-state index contributed by atoms with van der Waals surface area (Å²) in [6.07, 6.45) is 3.27. The van der Waals surface area contributed by atoms with Gasteiger partial charge in [-0.05, 0) is 31.0 Å². The summed E-state index contributed by atoms with van der Waals surface area (Å²) in [5.41, 5.74) is 0. The molecule has 3 rings (SSSR count). The molecule has 0 spiro atoms. The molecule has 7 nitrogen and oxygen atoms in total. The first-order chi connectivity index (χ1) is 12.1. The third-order valence-electron chi connectivity index (χ3n) is 4.40. The van der Waals surface area contributed by atoms with E-state index in [1.165, 1.54) is 15.1 Å². The molecule has 2 heterocycles. The number of sulfone groups is 1. The molecule has 1 fully saturated rings. The standard InChI is InChI=1S/C15H17ClFN3O4S2/c1-19-9-6-18-15(19)25(21,22)11-4-7-20(8-5-11)26(23,24)12-2-3-14(17)13(16)10-12/h2-3,6,9-11H,4-5,7-8H2,1H3. The number of benzene rings is 1. The molecule has 142 valence electrons. The van der Waals surface area contributed by atoms with Gasteiger partial charge in [0.05, 0.1) is 15.2 Å². The Morgan fingerprint density at radius 2 is 1.85 bits per heavy atom. The Morgan fingerprint density at radius 1 is 1.19 bits per heavy atom. The van der Waals surface area contributed by atoms with Crippen molar-refractivity contribution in [3.8, 4) is 0 Å². The minimum atomic E-state index is -3.87. The van der Waals surface area contributed by atoms with Gasteiger partial charge in [0.1, 0.15) is 5.82 Å². The second kappa shape index (κ2) is 6.91. The molecule has 1 aromatic carbocycles. The molecular formula is C15H17ClFN3O4S2. The van der Waals surface area contributed by atoms with Crippen LogP contribution < -0.4 is 0 Å². The first-order valence-corrected chi connectivity index (χ1v) is 11.2. The van der Waals surface area contributed by atoms with Gasteiger partial charge in [-0.25, -0.2) is 26.2 Å². The van der Waals surface area contributed by atoms with E-state index in [2.05, 4.69) is 4.98 Å². The Bertz CT molecular complexity index is 1030. The number of aryl methyl sites for hydroxylation is 1. The van der Waals surface area contributed by atoms with Crippen LogP contribution in [0.3, 0.4) is 0 Å². The van der Waals surface area contributed by atoms with Gasteiger partial charge in [0.2, 0.25) is 25.0 Å². The van der Waals surface area contributed by atoms with E-state index >= 15 is 0 Å². The van der Waals surface area contributed by atoms with Gasteiger partial charge in [0.15, 0.2) is 0 Å². The first kappa shape index (κ1) is 19.3. The van der Waals surface area contributed by atoms with Gasteiger partial charge in [-0.2, -0.15) is 4.31 Å². The summed E-state index contributed by atoms with van der Waals surface area (Å²) in [5.74, 6) is -0.703. The highest BCUT2D eigenvalue weighted by molar-refractivity contribution is 7.92. The van der Waals surface area contributed by atoms with Crippen molar-refractivity contribution in [1.29, 1.82) is 0 Å². The van der Waals surface area contributed by atoms with E-state index < -0.39 is 30.9 Å². The lowest BCUT2D eigenvalue weighted by atomic mass is 10.2. The third-order valence-corrected chi connectivity index (χ3v) is 8.84. The molecule has 0 unspecified atom stereocenters. The van der Waals surface area contributed by atoms with Crippen LogP contribution in [0.15, 0.2) is 40.6 Å². The fourth-order valence-corrected chi connectivity index (χ4v) is 6.49. The Hall–Kier alpha value is -1.49. The number of rotatable bonds is 4. The fourth-order valence-electron chi connectivity index (χ4n) is 2.94. The van der Waals surface area contributed by atoms with Gasteiger partial charge in [0.25, 0.3) is 0 Å². The largest absolute Gasteiger partial charge is 0.325 e. The lowest BCUT2D eigenvalue weighted by molar-refractivity contribution is 0.344. The summed E-state index contributed by atoms with van der Waals surface area (Å²) in [7, 11) is -5.91. The molecule has 0 bridgehead atoms. The van der Waals surface area contributed by atoms with Gasteiger partial charge >= 0.3 is 0 Å². The number of hydrogen-bond acceptors (Lipinski definition) is 5. The highest BCUT2D eigenvalue weighted by atomic mass is 35.5. The fraction of sp³-hybridized carbons (Fsp3) is 0.400. The van der Waals surface area contributed by atoms with Crippen molar-refractivity contribution in [3.63, 3.8) is 0 Å². The lowest BCUT2D eigenvalue weighted by Gasteiger charge is -2.30. The number of piperidine rings is 1. The van der Waals surface area contributed by atoms with Gasteiger partial charge in [0, 0.05) is 32.5 Å². The van der Waals surface area contributed by atoms with Crippen LogP contribution in [0.25, 0.3) is 0 Å². The zero-order valence-corrected chi connectivity index (χ0v) is 16.2. The van der Waals surface area contributed by atoms with Gasteiger partial charge < -0.3 is 4.57 Å². The molecule has 0 saturated carbocycles. The molecule has 1 saturated heterocycles. The second-order valence-corrected chi connectivity index (χ2v) is 10.5. The van der Waals surface area contributed by atoms with Crippen molar-refractivity contribution in [2.75, 3.05) is 13.1 Å². The van der Waals surface area contributed by atoms with Crippen LogP contribution in [0.5, 0.6) is 0 Å². The van der Waals surface area contributed by atoms with Crippen LogP contribution in [0.1, 0.15) is 12.8 Å². The maximum absolute atomic E-state index is 13.3. The minimum absolute atomic E-state index is 0.0240. The van der Waals surface area contributed by atoms with E-state index in [1.54, 1.807) is 13.2 Å². The number of aromatic nitrogens is 2. The smallest absolute Gasteiger partial charge is 0.243 e. The summed E-state index contributed by atoms with van der Waals surface area (Å²) >= 11 is 5.67. The number of imidazole rings is 1. The zero-order valence-electron chi connectivity index (χ0n) is 13.8. The van der Waals surface area contributed by atoms with Crippen molar-refractivity contribution in [3.05, 3.63) is 41.4 Å². The predicted molar refractivity (Wildman–Crippen MR) is 93.6 cm³/mol. The summed E-state index contributed by atoms with van der Waals surface area (Å²) in [5, 5.41) is -1.01. The highest BCUT2D eigenvalue weighted by Crippen LogP contribution is 2.28. The number of halogens is 2. The number of nitrogens with zero attached hydrogens (tertiary/aromatic N) is 3. The SMILES string of the molecule is Cn1ccnc1S(=O)(=O)C1CCN(S(=O)(=O)c2ccc(F)c(Cl)c2)CC1. The normalized spacial score (nSPS) is 17.5. The minimum Gasteiger partial charge on any atom is -0.325 e. The Kier molecular flexibility index (Phi) is 5.13. The maximum Gasteiger partial charge on any atom is 0.243 e. The van der Waals surface area contributed by atoms with E-state index in [9.17, 15) is 21.2 Å². The average Bonchev–Trinajstić information content (AvgIpc) is 3.04. The first-order valence-electron chi connectivity index (χ1n) is 7.80. The summed E-state index contributed by atoms with van der Waals surface area (Å²) in [4.78, 5) is 3.77. The zero-order chi connectivity index (χ0) is 19.1. The summed E-state index contributed by atoms with van der Waals surface area (Å²) in [6.45, 7) is 0.0945. The summed E-state index contributed by atoms with van der Waals surface area (Å²) in [6, 6.07) is 3.20. The van der Waals surface area contributed by atoms with Crippen molar-refractivity contribution in [1.82, 2.24) is 13.9 Å². The molecule has 0 amide bonds. The van der Waals surface area contributed by atoms with Gasteiger partial charge in [-0.1, -0.05) is 11.6 Å².